The van der Waals surface area contributed by atoms with E-state index in [4.69, 9.17) is 20.2 Å². The maximum Gasteiger partial charge on any atom is 0.419 e. The largest absolute Gasteiger partial charge is 0.493 e. The SMILES string of the molecule is C/C(N)=N\O.CCC[C@H](O)[C@H](C)c1nc(-c2ccc(OCCCC3CCCCC3)c(C(F)(F)F)c2)no1. The summed E-state index contributed by atoms with van der Waals surface area (Å²) in [4.78, 5) is 4.22. The number of halogens is 3. The number of aliphatic hydroxyl groups excluding tert-OH is 1. The van der Waals surface area contributed by atoms with Crippen molar-refractivity contribution >= 4 is 5.84 Å². The van der Waals surface area contributed by atoms with Crippen molar-refractivity contribution in [3.8, 4) is 17.1 Å². The molecule has 4 N–H and O–H groups in total. The number of aromatic nitrogens is 2. The molecule has 0 spiro atoms. The Kier molecular flexibility index (Phi) is 12.2. The second kappa shape index (κ2) is 14.8. The van der Waals surface area contributed by atoms with Gasteiger partial charge in [-0.25, -0.2) is 0 Å². The van der Waals surface area contributed by atoms with E-state index in [1.165, 1.54) is 51.2 Å². The fourth-order valence-electron chi connectivity index (χ4n) is 4.29. The predicted molar refractivity (Wildman–Crippen MR) is 134 cm³/mol. The predicted octanol–water partition coefficient (Wildman–Crippen LogP) is 6.51. The van der Waals surface area contributed by atoms with Gasteiger partial charge in [0.15, 0.2) is 0 Å². The second-order valence-corrected chi connectivity index (χ2v) is 9.55. The van der Waals surface area contributed by atoms with Crippen LogP contribution in [0.3, 0.4) is 0 Å². The van der Waals surface area contributed by atoms with Crippen molar-refractivity contribution in [1.82, 2.24) is 10.1 Å². The van der Waals surface area contributed by atoms with Crippen molar-refractivity contribution < 1.29 is 32.7 Å². The minimum atomic E-state index is -4.56. The number of nitrogens with zero attached hydrogens (tertiary/aromatic N) is 3. The van der Waals surface area contributed by atoms with Gasteiger partial charge in [0.05, 0.1) is 24.2 Å². The lowest BCUT2D eigenvalue weighted by Crippen LogP contribution is -2.15. The van der Waals surface area contributed by atoms with E-state index in [-0.39, 0.29) is 35.5 Å². The first-order chi connectivity index (χ1) is 17.6. The van der Waals surface area contributed by atoms with Crippen molar-refractivity contribution in [3.05, 3.63) is 29.7 Å². The molecule has 1 saturated carbocycles. The van der Waals surface area contributed by atoms with Crippen LogP contribution in [-0.2, 0) is 6.18 Å². The van der Waals surface area contributed by atoms with Crippen LogP contribution in [0.15, 0.2) is 27.9 Å². The molecule has 1 aromatic heterocycles. The van der Waals surface area contributed by atoms with E-state index in [2.05, 4.69) is 15.3 Å². The summed E-state index contributed by atoms with van der Waals surface area (Å²) in [7, 11) is 0. The first kappa shape index (κ1) is 30.4. The van der Waals surface area contributed by atoms with Crippen LogP contribution in [0.2, 0.25) is 0 Å². The third-order valence-electron chi connectivity index (χ3n) is 6.43. The van der Waals surface area contributed by atoms with E-state index in [1.807, 2.05) is 6.92 Å². The highest BCUT2D eigenvalue weighted by Gasteiger charge is 2.35. The zero-order valence-electron chi connectivity index (χ0n) is 21.8. The highest BCUT2D eigenvalue weighted by Crippen LogP contribution is 2.39. The molecule has 37 heavy (non-hydrogen) atoms. The lowest BCUT2D eigenvalue weighted by Gasteiger charge is -2.21. The first-order valence-corrected chi connectivity index (χ1v) is 12.9. The molecule has 0 aliphatic heterocycles. The van der Waals surface area contributed by atoms with Gasteiger partial charge in [-0.2, -0.15) is 18.2 Å². The van der Waals surface area contributed by atoms with Crippen LogP contribution >= 0.6 is 0 Å². The molecule has 8 nitrogen and oxygen atoms in total. The zero-order chi connectivity index (χ0) is 27.4. The van der Waals surface area contributed by atoms with Gasteiger partial charge in [-0.3, -0.25) is 0 Å². The van der Waals surface area contributed by atoms with Gasteiger partial charge in [0.2, 0.25) is 11.7 Å². The Hall–Kier alpha value is -2.82. The van der Waals surface area contributed by atoms with Crippen LogP contribution in [0.25, 0.3) is 11.4 Å². The summed E-state index contributed by atoms with van der Waals surface area (Å²) < 4.78 is 51.8. The monoisotopic (exact) mass is 528 g/mol. The summed E-state index contributed by atoms with van der Waals surface area (Å²) in [6.07, 6.45) is 4.10. The van der Waals surface area contributed by atoms with Crippen molar-refractivity contribution in [2.45, 2.75) is 96.8 Å². The van der Waals surface area contributed by atoms with Crippen molar-refractivity contribution in [2.75, 3.05) is 6.61 Å². The van der Waals surface area contributed by atoms with Crippen LogP contribution in [0.1, 0.15) is 95.9 Å². The molecule has 1 aromatic carbocycles. The van der Waals surface area contributed by atoms with Gasteiger partial charge in [-0.05, 0) is 50.3 Å². The number of ether oxygens (including phenoxy) is 1. The molecule has 2 atom stereocenters. The van der Waals surface area contributed by atoms with Crippen LogP contribution < -0.4 is 10.5 Å². The van der Waals surface area contributed by atoms with E-state index >= 15 is 0 Å². The minimum Gasteiger partial charge on any atom is -0.493 e. The van der Waals surface area contributed by atoms with Crippen LogP contribution in [-0.4, -0.2) is 39.0 Å². The van der Waals surface area contributed by atoms with E-state index in [0.717, 1.165) is 25.3 Å². The topological polar surface area (TPSA) is 127 Å². The summed E-state index contributed by atoms with van der Waals surface area (Å²) in [6.45, 7) is 5.47. The average Bonchev–Trinajstić information content (AvgIpc) is 3.37. The first-order valence-electron chi connectivity index (χ1n) is 12.9. The molecule has 0 bridgehead atoms. The number of rotatable bonds is 10. The standard InChI is InChI=1S/C24H33F3N2O3.C2H6N2O/c1-3-8-20(30)16(2)23-28-22(29-32-23)18-12-13-21(19(15-18)24(25,26)27)31-14-7-11-17-9-5-4-6-10-17;1-2(3)4-5/h12-13,15-17,20,30H,3-11,14H2,1-2H3;5H,1H3,(H2,3,4)/t16-,20-;/m0./s1. The number of hydrogen-bond donors (Lipinski definition) is 3. The molecule has 208 valence electrons. The van der Waals surface area contributed by atoms with Gasteiger partial charge >= 0.3 is 6.18 Å². The summed E-state index contributed by atoms with van der Waals surface area (Å²) in [6, 6.07) is 3.83. The van der Waals surface area contributed by atoms with Crippen LogP contribution in [0.4, 0.5) is 13.2 Å². The molecule has 1 fully saturated rings. The summed E-state index contributed by atoms with van der Waals surface area (Å²) >= 11 is 0. The van der Waals surface area contributed by atoms with Gasteiger partial charge in [-0.15, -0.1) is 0 Å². The number of nitrogens with two attached hydrogens (primary N) is 1. The Labute approximate surface area is 216 Å². The molecule has 2 aromatic rings. The molecule has 0 radical (unpaired) electrons. The third kappa shape index (κ3) is 9.87. The normalized spacial score (nSPS) is 16.6. The van der Waals surface area contributed by atoms with Gasteiger partial charge < -0.3 is 25.3 Å². The smallest absolute Gasteiger partial charge is 0.419 e. The van der Waals surface area contributed by atoms with Crippen LogP contribution in [0.5, 0.6) is 5.75 Å². The maximum absolute atomic E-state index is 13.7. The molecule has 1 aliphatic carbocycles. The molecule has 0 amide bonds. The van der Waals surface area contributed by atoms with E-state index in [0.29, 0.717) is 12.3 Å². The van der Waals surface area contributed by atoms with Crippen molar-refractivity contribution in [1.29, 1.82) is 0 Å². The van der Waals surface area contributed by atoms with Crippen molar-refractivity contribution in [2.24, 2.45) is 16.8 Å². The minimum absolute atomic E-state index is 0.0601. The van der Waals surface area contributed by atoms with Gasteiger partial charge in [0.25, 0.3) is 0 Å². The quantitative estimate of drug-likeness (QED) is 0.105. The number of hydrogen-bond acceptors (Lipinski definition) is 7. The average molecular weight is 529 g/mol. The Bertz CT molecular complexity index is 971. The molecular formula is C26H39F3N4O4. The third-order valence-corrected chi connectivity index (χ3v) is 6.43. The highest BCUT2D eigenvalue weighted by molar-refractivity contribution is 5.76. The van der Waals surface area contributed by atoms with E-state index in [1.54, 1.807) is 6.92 Å². The Morgan fingerprint density at radius 3 is 2.54 bits per heavy atom. The van der Waals surface area contributed by atoms with Gasteiger partial charge in [0.1, 0.15) is 11.6 Å². The Balaban J connectivity index is 0.000000877. The molecule has 0 saturated heterocycles. The Morgan fingerprint density at radius 2 is 1.95 bits per heavy atom. The zero-order valence-corrected chi connectivity index (χ0v) is 21.8. The molecule has 3 rings (SSSR count). The number of aliphatic hydroxyl groups is 1. The van der Waals surface area contributed by atoms with Crippen molar-refractivity contribution in [3.63, 3.8) is 0 Å². The number of alkyl halides is 3. The van der Waals surface area contributed by atoms with Gasteiger partial charge in [0, 0.05) is 5.56 Å². The van der Waals surface area contributed by atoms with E-state index < -0.39 is 23.8 Å². The molecule has 1 aliphatic rings. The lowest BCUT2D eigenvalue weighted by molar-refractivity contribution is -0.138. The van der Waals surface area contributed by atoms with E-state index in [9.17, 15) is 18.3 Å². The lowest BCUT2D eigenvalue weighted by atomic mass is 9.86. The molecule has 0 unspecified atom stereocenters. The number of amidine groups is 1. The maximum atomic E-state index is 13.7. The molecule has 11 heteroatoms. The molecular weight excluding hydrogens is 489 g/mol. The number of oxime groups is 1. The number of benzene rings is 1. The van der Waals surface area contributed by atoms with Gasteiger partial charge in [-0.1, -0.05) is 62.7 Å². The Morgan fingerprint density at radius 1 is 1.27 bits per heavy atom. The summed E-state index contributed by atoms with van der Waals surface area (Å²) in [5.74, 6) is 0.542. The fourth-order valence-corrected chi connectivity index (χ4v) is 4.29. The fraction of sp³-hybridized carbons (Fsp3) is 0.654. The summed E-state index contributed by atoms with van der Waals surface area (Å²) in [5, 5.41) is 24.1. The second-order valence-electron chi connectivity index (χ2n) is 9.55. The highest BCUT2D eigenvalue weighted by atomic mass is 19.4. The van der Waals surface area contributed by atoms with Crippen LogP contribution in [0, 0.1) is 5.92 Å². The summed E-state index contributed by atoms with van der Waals surface area (Å²) in [5.41, 5.74) is 4.14. The molecule has 1 heterocycles.